The summed E-state index contributed by atoms with van der Waals surface area (Å²) < 4.78 is 18.6. The highest BCUT2D eigenvalue weighted by Crippen LogP contribution is 2.16. The molecule has 0 saturated heterocycles. The van der Waals surface area contributed by atoms with Crippen molar-refractivity contribution in [2.24, 2.45) is 0 Å². The van der Waals surface area contributed by atoms with Gasteiger partial charge in [-0.25, -0.2) is 9.18 Å². The number of rotatable bonds is 1. The van der Waals surface area contributed by atoms with Crippen molar-refractivity contribution in [1.82, 2.24) is 0 Å². The number of benzene rings is 1. The van der Waals surface area contributed by atoms with Crippen LogP contribution in [0.5, 0.6) is 0 Å². The quantitative estimate of drug-likeness (QED) is 0.685. The van der Waals surface area contributed by atoms with Gasteiger partial charge in [0, 0.05) is 0 Å². The second kappa shape index (κ2) is 4.31. The first-order chi connectivity index (χ1) is 7.35. The zero-order chi connectivity index (χ0) is 12.3. The Balaban J connectivity index is 3.07. The number of carbonyl (C=O) groups is 1. The van der Waals surface area contributed by atoms with Crippen molar-refractivity contribution in [3.05, 3.63) is 35.1 Å². The largest absolute Gasteiger partial charge is 0.456 e. The third-order valence-corrected chi connectivity index (χ3v) is 1.74. The molecule has 1 rings (SSSR count). The van der Waals surface area contributed by atoms with Gasteiger partial charge in [0.05, 0.1) is 11.1 Å². The second-order valence-corrected chi connectivity index (χ2v) is 4.28. The molecule has 0 amide bonds. The maximum atomic E-state index is 13.6. The monoisotopic (exact) mass is 221 g/mol. The first-order valence-electron chi connectivity index (χ1n) is 4.77. The molecule has 0 N–H and O–H groups in total. The molecule has 16 heavy (non-hydrogen) atoms. The molecule has 0 aromatic heterocycles. The molecule has 0 aliphatic carbocycles. The smallest absolute Gasteiger partial charge is 0.341 e. The molecule has 0 spiro atoms. The normalized spacial score (nSPS) is 10.7. The Morgan fingerprint density at radius 3 is 2.56 bits per heavy atom. The summed E-state index contributed by atoms with van der Waals surface area (Å²) in [7, 11) is 0. The van der Waals surface area contributed by atoms with Crippen LogP contribution in [0.15, 0.2) is 18.2 Å². The molecule has 0 heterocycles. The summed E-state index contributed by atoms with van der Waals surface area (Å²) in [5, 5.41) is 8.62. The van der Waals surface area contributed by atoms with Crippen LogP contribution in [0.3, 0.4) is 0 Å². The molecule has 0 radical (unpaired) electrons. The van der Waals surface area contributed by atoms with Gasteiger partial charge in [-0.05, 0) is 32.9 Å². The molecule has 0 unspecified atom stereocenters. The molecule has 3 nitrogen and oxygen atoms in total. The average molecular weight is 221 g/mol. The van der Waals surface area contributed by atoms with Gasteiger partial charge in [-0.15, -0.1) is 0 Å². The lowest BCUT2D eigenvalue weighted by molar-refractivity contribution is 0.00646. The molecule has 4 heteroatoms. The molecule has 0 aliphatic rings. The second-order valence-electron chi connectivity index (χ2n) is 4.28. The fourth-order valence-corrected chi connectivity index (χ4v) is 1.11. The molecular weight excluding hydrogens is 209 g/mol. The van der Waals surface area contributed by atoms with E-state index in [1.807, 2.05) is 0 Å². The molecule has 0 bridgehead atoms. The summed E-state index contributed by atoms with van der Waals surface area (Å²) >= 11 is 0. The summed E-state index contributed by atoms with van der Waals surface area (Å²) in [5.74, 6) is -1.60. The minimum Gasteiger partial charge on any atom is -0.456 e. The number of ether oxygens (including phenoxy) is 1. The van der Waals surface area contributed by atoms with Crippen LogP contribution in [0.2, 0.25) is 0 Å². The number of hydrogen-bond acceptors (Lipinski definition) is 3. The highest BCUT2D eigenvalue weighted by Gasteiger charge is 2.21. The summed E-state index contributed by atoms with van der Waals surface area (Å²) in [4.78, 5) is 11.6. The highest BCUT2D eigenvalue weighted by molar-refractivity contribution is 5.90. The Labute approximate surface area is 93.5 Å². The van der Waals surface area contributed by atoms with E-state index >= 15 is 0 Å². The van der Waals surface area contributed by atoms with Gasteiger partial charge in [0.25, 0.3) is 0 Å². The Bertz CT molecular complexity index is 455. The lowest BCUT2D eigenvalue weighted by Gasteiger charge is -2.19. The number of halogens is 1. The molecule has 0 aliphatic heterocycles. The van der Waals surface area contributed by atoms with E-state index in [4.69, 9.17) is 10.00 Å². The minimum atomic E-state index is -0.834. The van der Waals surface area contributed by atoms with Crippen molar-refractivity contribution < 1.29 is 13.9 Å². The highest BCUT2D eigenvalue weighted by atomic mass is 19.1. The van der Waals surface area contributed by atoms with Crippen molar-refractivity contribution in [1.29, 1.82) is 5.26 Å². The van der Waals surface area contributed by atoms with Crippen LogP contribution in [0.4, 0.5) is 4.39 Å². The van der Waals surface area contributed by atoms with Gasteiger partial charge in [-0.2, -0.15) is 5.26 Å². The van der Waals surface area contributed by atoms with E-state index in [1.165, 1.54) is 18.2 Å². The SMILES string of the molecule is CC(C)(C)OC(=O)c1cccc(C#N)c1F. The van der Waals surface area contributed by atoms with Crippen LogP contribution in [0.25, 0.3) is 0 Å². The van der Waals surface area contributed by atoms with Gasteiger partial charge in [0.2, 0.25) is 0 Å². The van der Waals surface area contributed by atoms with Crippen LogP contribution in [-0.2, 0) is 4.74 Å². The molecule has 0 fully saturated rings. The van der Waals surface area contributed by atoms with E-state index in [9.17, 15) is 9.18 Å². The fourth-order valence-electron chi connectivity index (χ4n) is 1.11. The molecule has 84 valence electrons. The van der Waals surface area contributed by atoms with Crippen molar-refractivity contribution in [2.45, 2.75) is 26.4 Å². The number of esters is 1. The number of carbonyl (C=O) groups excluding carboxylic acids is 1. The summed E-state index contributed by atoms with van der Waals surface area (Å²) in [6.45, 7) is 5.07. The first kappa shape index (κ1) is 12.2. The average Bonchev–Trinajstić information content (AvgIpc) is 2.15. The lowest BCUT2D eigenvalue weighted by atomic mass is 10.1. The van der Waals surface area contributed by atoms with Gasteiger partial charge in [-0.3, -0.25) is 0 Å². The Morgan fingerprint density at radius 1 is 1.44 bits per heavy atom. The Kier molecular flexibility index (Phi) is 3.28. The topological polar surface area (TPSA) is 50.1 Å². The van der Waals surface area contributed by atoms with Crippen molar-refractivity contribution in [3.8, 4) is 6.07 Å². The van der Waals surface area contributed by atoms with E-state index in [0.29, 0.717) is 0 Å². The predicted molar refractivity (Wildman–Crippen MR) is 56.3 cm³/mol. The number of hydrogen-bond donors (Lipinski definition) is 0. The number of nitrogens with zero attached hydrogens (tertiary/aromatic N) is 1. The summed E-state index contributed by atoms with van der Waals surface area (Å²) in [6, 6.07) is 5.72. The number of nitriles is 1. The Hall–Kier alpha value is -1.89. The zero-order valence-corrected chi connectivity index (χ0v) is 9.37. The van der Waals surface area contributed by atoms with E-state index < -0.39 is 17.4 Å². The van der Waals surface area contributed by atoms with Crippen LogP contribution >= 0.6 is 0 Å². The zero-order valence-electron chi connectivity index (χ0n) is 9.37. The predicted octanol–water partition coefficient (Wildman–Crippen LogP) is 2.65. The molecule has 0 atom stereocenters. The van der Waals surface area contributed by atoms with Gasteiger partial charge in [-0.1, -0.05) is 6.07 Å². The molecule has 1 aromatic rings. The van der Waals surface area contributed by atoms with Crippen LogP contribution in [-0.4, -0.2) is 11.6 Å². The fraction of sp³-hybridized carbons (Fsp3) is 0.333. The molecule has 0 saturated carbocycles. The van der Waals surface area contributed by atoms with Gasteiger partial charge < -0.3 is 4.74 Å². The van der Waals surface area contributed by atoms with Gasteiger partial charge in [0.15, 0.2) is 5.82 Å². The van der Waals surface area contributed by atoms with Crippen LogP contribution in [0.1, 0.15) is 36.7 Å². The van der Waals surface area contributed by atoms with Crippen LogP contribution in [0, 0.1) is 17.1 Å². The molecular formula is C12H12FNO2. The maximum absolute atomic E-state index is 13.6. The van der Waals surface area contributed by atoms with E-state index in [2.05, 4.69) is 0 Å². The van der Waals surface area contributed by atoms with Crippen molar-refractivity contribution >= 4 is 5.97 Å². The summed E-state index contributed by atoms with van der Waals surface area (Å²) in [5.41, 5.74) is -1.07. The van der Waals surface area contributed by atoms with Crippen molar-refractivity contribution in [2.75, 3.05) is 0 Å². The summed E-state index contributed by atoms with van der Waals surface area (Å²) in [6.07, 6.45) is 0. The van der Waals surface area contributed by atoms with Gasteiger partial charge >= 0.3 is 5.97 Å². The van der Waals surface area contributed by atoms with Crippen LogP contribution < -0.4 is 0 Å². The standard InChI is InChI=1S/C12H12FNO2/c1-12(2,3)16-11(15)9-6-4-5-8(7-14)10(9)13/h4-6H,1-3H3. The van der Waals surface area contributed by atoms with Gasteiger partial charge in [0.1, 0.15) is 11.7 Å². The van der Waals surface area contributed by atoms with E-state index in [0.717, 1.165) is 0 Å². The third kappa shape index (κ3) is 2.80. The molecule has 1 aromatic carbocycles. The van der Waals surface area contributed by atoms with E-state index in [1.54, 1.807) is 26.8 Å². The Morgan fingerprint density at radius 2 is 2.06 bits per heavy atom. The lowest BCUT2D eigenvalue weighted by Crippen LogP contribution is -2.24. The maximum Gasteiger partial charge on any atom is 0.341 e. The van der Waals surface area contributed by atoms with E-state index in [-0.39, 0.29) is 11.1 Å². The third-order valence-electron chi connectivity index (χ3n) is 1.74. The van der Waals surface area contributed by atoms with Crippen molar-refractivity contribution in [3.63, 3.8) is 0 Å². The minimum absolute atomic E-state index is 0.164. The first-order valence-corrected chi connectivity index (χ1v) is 4.77.